The maximum atomic E-state index is 12.3. The molecule has 1 heterocycles. The molecule has 1 rings (SSSR count). The van der Waals surface area contributed by atoms with Gasteiger partial charge in [0.05, 0.1) is 5.69 Å². The van der Waals surface area contributed by atoms with E-state index in [1.165, 1.54) is 5.38 Å². The largest absolute Gasteiger partial charge is 0.443 e. The first-order valence-corrected chi connectivity index (χ1v) is 6.24. The van der Waals surface area contributed by atoms with E-state index in [9.17, 15) is 18.3 Å². The first-order valence-electron chi connectivity index (χ1n) is 5.36. The molecule has 1 aromatic heterocycles. The highest BCUT2D eigenvalue weighted by Gasteiger charge is 2.35. The van der Waals surface area contributed by atoms with Crippen molar-refractivity contribution in [1.29, 1.82) is 0 Å². The minimum Gasteiger partial charge on any atom is -0.385 e. The number of unbranched alkanes of at least 4 members (excludes halogenated alkanes) is 1. The van der Waals surface area contributed by atoms with Gasteiger partial charge in [-0.25, -0.2) is 4.98 Å². The molecule has 0 spiro atoms. The lowest BCUT2D eigenvalue weighted by molar-refractivity contribution is -0.137. The molecule has 0 saturated carbocycles. The van der Waals surface area contributed by atoms with Crippen LogP contribution in [0.1, 0.15) is 36.6 Å². The Morgan fingerprint density at radius 1 is 1.53 bits per heavy atom. The Morgan fingerprint density at radius 2 is 2.24 bits per heavy atom. The number of hydrogen-bond acceptors (Lipinski definition) is 4. The number of aliphatic hydroxyl groups excluding tert-OH is 1. The lowest BCUT2D eigenvalue weighted by Gasteiger charge is -2.09. The summed E-state index contributed by atoms with van der Waals surface area (Å²) >= 11 is 0.505. The number of nitrogens with one attached hydrogen (secondary N) is 1. The SMILES string of the molecule is CCCCNC[C@H](O)c1csc(C(F)(F)F)n1. The fourth-order valence-electron chi connectivity index (χ4n) is 1.21. The van der Waals surface area contributed by atoms with E-state index >= 15 is 0 Å². The van der Waals surface area contributed by atoms with E-state index in [2.05, 4.69) is 10.3 Å². The number of hydrogen-bond donors (Lipinski definition) is 2. The summed E-state index contributed by atoms with van der Waals surface area (Å²) in [6.45, 7) is 3.00. The number of halogens is 3. The molecule has 0 aliphatic heterocycles. The number of aromatic nitrogens is 1. The average Bonchev–Trinajstić information content (AvgIpc) is 2.72. The summed E-state index contributed by atoms with van der Waals surface area (Å²) in [5, 5.41) is 12.9. The van der Waals surface area contributed by atoms with Gasteiger partial charge in [-0.2, -0.15) is 13.2 Å². The van der Waals surface area contributed by atoms with Crippen molar-refractivity contribution in [2.75, 3.05) is 13.1 Å². The molecule has 0 aromatic carbocycles. The molecule has 3 nitrogen and oxygen atoms in total. The maximum Gasteiger partial charge on any atom is 0.443 e. The van der Waals surface area contributed by atoms with Crippen LogP contribution in [-0.2, 0) is 6.18 Å². The Hall–Kier alpha value is -0.660. The first kappa shape index (κ1) is 14.4. The molecule has 98 valence electrons. The van der Waals surface area contributed by atoms with Crippen LogP contribution >= 0.6 is 11.3 Å². The zero-order valence-electron chi connectivity index (χ0n) is 9.42. The molecular formula is C10H15F3N2OS. The van der Waals surface area contributed by atoms with Crippen LogP contribution in [-0.4, -0.2) is 23.2 Å². The summed E-state index contributed by atoms with van der Waals surface area (Å²) in [6.07, 6.45) is -3.42. The zero-order chi connectivity index (χ0) is 12.9. The standard InChI is InChI=1S/C10H15F3N2OS/c1-2-3-4-14-5-8(16)7-6-17-9(15-7)10(11,12)13/h6,8,14,16H,2-5H2,1H3/t8-/m0/s1. The van der Waals surface area contributed by atoms with Gasteiger partial charge in [0.1, 0.15) is 6.10 Å². The minimum absolute atomic E-state index is 0.0753. The van der Waals surface area contributed by atoms with Crippen molar-refractivity contribution in [2.24, 2.45) is 0 Å². The summed E-state index contributed by atoms with van der Waals surface area (Å²) in [6, 6.07) is 0. The van der Waals surface area contributed by atoms with Crippen molar-refractivity contribution in [1.82, 2.24) is 10.3 Å². The second-order valence-corrected chi connectivity index (χ2v) is 4.51. The van der Waals surface area contributed by atoms with Crippen molar-refractivity contribution in [3.63, 3.8) is 0 Å². The van der Waals surface area contributed by atoms with Gasteiger partial charge in [-0.05, 0) is 13.0 Å². The fourth-order valence-corrected chi connectivity index (χ4v) is 1.95. The predicted molar refractivity (Wildman–Crippen MR) is 59.9 cm³/mol. The molecule has 17 heavy (non-hydrogen) atoms. The van der Waals surface area contributed by atoms with Gasteiger partial charge < -0.3 is 10.4 Å². The third-order valence-corrected chi connectivity index (χ3v) is 3.06. The number of alkyl halides is 3. The van der Waals surface area contributed by atoms with Crippen LogP contribution in [0.2, 0.25) is 0 Å². The van der Waals surface area contributed by atoms with E-state index in [1.807, 2.05) is 6.92 Å². The van der Waals surface area contributed by atoms with Crippen LogP contribution in [0.4, 0.5) is 13.2 Å². The van der Waals surface area contributed by atoms with Crippen LogP contribution in [0.3, 0.4) is 0 Å². The molecule has 1 atom stereocenters. The molecule has 0 unspecified atom stereocenters. The number of nitrogens with zero attached hydrogens (tertiary/aromatic N) is 1. The van der Waals surface area contributed by atoms with Crippen LogP contribution in [0.5, 0.6) is 0 Å². The van der Waals surface area contributed by atoms with E-state index < -0.39 is 17.3 Å². The van der Waals surface area contributed by atoms with Gasteiger partial charge in [-0.3, -0.25) is 0 Å². The van der Waals surface area contributed by atoms with Crippen molar-refractivity contribution in [3.8, 4) is 0 Å². The van der Waals surface area contributed by atoms with Gasteiger partial charge in [-0.1, -0.05) is 13.3 Å². The Bertz CT molecular complexity index is 341. The average molecular weight is 268 g/mol. The maximum absolute atomic E-state index is 12.3. The van der Waals surface area contributed by atoms with Gasteiger partial charge in [-0.15, -0.1) is 11.3 Å². The molecule has 0 fully saturated rings. The van der Waals surface area contributed by atoms with Crippen LogP contribution in [0.25, 0.3) is 0 Å². The minimum atomic E-state index is -4.43. The van der Waals surface area contributed by atoms with Crippen molar-refractivity contribution in [3.05, 3.63) is 16.1 Å². The quantitative estimate of drug-likeness (QED) is 0.779. The Balaban J connectivity index is 2.47. The lowest BCUT2D eigenvalue weighted by atomic mass is 10.2. The smallest absolute Gasteiger partial charge is 0.385 e. The first-order chi connectivity index (χ1) is 7.95. The summed E-state index contributed by atoms with van der Waals surface area (Å²) < 4.78 is 36.8. The van der Waals surface area contributed by atoms with Gasteiger partial charge in [0.25, 0.3) is 0 Å². The zero-order valence-corrected chi connectivity index (χ0v) is 10.2. The van der Waals surface area contributed by atoms with Crippen LogP contribution in [0.15, 0.2) is 5.38 Å². The van der Waals surface area contributed by atoms with Crippen LogP contribution < -0.4 is 5.32 Å². The van der Waals surface area contributed by atoms with Crippen molar-refractivity contribution < 1.29 is 18.3 Å². The Morgan fingerprint density at radius 3 is 2.76 bits per heavy atom. The van der Waals surface area contributed by atoms with Crippen LogP contribution in [0, 0.1) is 0 Å². The van der Waals surface area contributed by atoms with Gasteiger partial charge in [0.15, 0.2) is 5.01 Å². The molecule has 0 bridgehead atoms. The molecule has 0 aliphatic rings. The second-order valence-electron chi connectivity index (χ2n) is 3.65. The molecule has 1 aromatic rings. The van der Waals surface area contributed by atoms with Gasteiger partial charge in [0.2, 0.25) is 0 Å². The predicted octanol–water partition coefficient (Wildman–Crippen LogP) is 2.58. The molecule has 0 amide bonds. The Labute approximate surface area is 102 Å². The molecule has 0 aliphatic carbocycles. The normalized spacial score (nSPS) is 13.9. The summed E-state index contributed by atoms with van der Waals surface area (Å²) in [5.74, 6) is 0. The highest BCUT2D eigenvalue weighted by Crippen LogP contribution is 2.32. The van der Waals surface area contributed by atoms with E-state index in [-0.39, 0.29) is 12.2 Å². The monoisotopic (exact) mass is 268 g/mol. The third kappa shape index (κ3) is 4.61. The van der Waals surface area contributed by atoms with E-state index in [0.29, 0.717) is 11.3 Å². The summed E-state index contributed by atoms with van der Waals surface area (Å²) in [5.41, 5.74) is 0.0753. The highest BCUT2D eigenvalue weighted by molar-refractivity contribution is 7.09. The van der Waals surface area contributed by atoms with E-state index in [4.69, 9.17) is 0 Å². The third-order valence-electron chi connectivity index (χ3n) is 2.15. The molecular weight excluding hydrogens is 253 g/mol. The molecule has 2 N–H and O–H groups in total. The molecule has 0 radical (unpaired) electrons. The number of aliphatic hydroxyl groups is 1. The lowest BCUT2D eigenvalue weighted by Crippen LogP contribution is -2.22. The Kier molecular flexibility index (Phi) is 5.35. The topological polar surface area (TPSA) is 45.1 Å². The summed E-state index contributed by atoms with van der Waals surface area (Å²) in [7, 11) is 0. The van der Waals surface area contributed by atoms with Crippen molar-refractivity contribution in [2.45, 2.75) is 32.0 Å². The molecule has 0 saturated heterocycles. The second kappa shape index (κ2) is 6.32. The summed E-state index contributed by atoms with van der Waals surface area (Å²) in [4.78, 5) is 3.38. The van der Waals surface area contributed by atoms with Gasteiger partial charge >= 0.3 is 6.18 Å². The van der Waals surface area contributed by atoms with Crippen molar-refractivity contribution >= 4 is 11.3 Å². The fraction of sp³-hybridized carbons (Fsp3) is 0.700. The number of thiazole rings is 1. The molecule has 7 heteroatoms. The van der Waals surface area contributed by atoms with E-state index in [1.54, 1.807) is 0 Å². The van der Waals surface area contributed by atoms with E-state index in [0.717, 1.165) is 19.4 Å². The number of rotatable bonds is 6. The highest BCUT2D eigenvalue weighted by atomic mass is 32.1. The van der Waals surface area contributed by atoms with Gasteiger partial charge in [0, 0.05) is 11.9 Å².